The van der Waals surface area contributed by atoms with Crippen molar-refractivity contribution in [3.8, 4) is 0 Å². The van der Waals surface area contributed by atoms with E-state index in [-0.39, 0.29) is 0 Å². The molecule has 0 saturated carbocycles. The molecule has 0 aliphatic heterocycles. The number of hydrogen-bond acceptors (Lipinski definition) is 2. The molecule has 9 heavy (non-hydrogen) atoms. The molecule has 0 N–H and O–H groups in total. The highest BCUT2D eigenvalue weighted by atomic mass is 32.2. The lowest BCUT2D eigenvalue weighted by molar-refractivity contribution is 0.907. The van der Waals surface area contributed by atoms with Gasteiger partial charge < -0.3 is 0 Å². The van der Waals surface area contributed by atoms with E-state index < -0.39 is 0 Å². The summed E-state index contributed by atoms with van der Waals surface area (Å²) in [6.07, 6.45) is 5.75. The molecule has 0 aliphatic carbocycles. The molecule has 0 aliphatic rings. The van der Waals surface area contributed by atoms with Crippen LogP contribution < -0.4 is 0 Å². The summed E-state index contributed by atoms with van der Waals surface area (Å²) in [5, 5.41) is 1.96. The second-order valence-corrected chi connectivity index (χ2v) is 2.81. The molecule has 0 radical (unpaired) electrons. The highest BCUT2D eigenvalue weighted by Gasteiger charge is 1.79. The summed E-state index contributed by atoms with van der Waals surface area (Å²) >= 11 is 1.66. The lowest BCUT2D eigenvalue weighted by atomic mass is 10.3. The largest absolute Gasteiger partial charge is 0.268 e. The smallest absolute Gasteiger partial charge is 0.0326 e. The van der Waals surface area contributed by atoms with E-state index >= 15 is 0 Å². The standard InChI is InChI=1S/C7H13NS/c1-7(2)6-8-4-5-9-3/h4-7H,1-3H3/b5-4-,8-6+. The van der Waals surface area contributed by atoms with Gasteiger partial charge in [-0.3, -0.25) is 4.99 Å². The molecule has 0 spiro atoms. The first kappa shape index (κ1) is 8.76. The molecule has 2 heteroatoms. The van der Waals surface area contributed by atoms with E-state index in [0.29, 0.717) is 5.92 Å². The Labute approximate surface area is 61.3 Å². The van der Waals surface area contributed by atoms with Gasteiger partial charge in [-0.05, 0) is 17.6 Å². The third-order valence-electron chi connectivity index (χ3n) is 0.667. The van der Waals surface area contributed by atoms with Crippen molar-refractivity contribution >= 4 is 18.0 Å². The zero-order valence-electron chi connectivity index (χ0n) is 6.16. The number of nitrogens with zero attached hydrogens (tertiary/aromatic N) is 1. The van der Waals surface area contributed by atoms with E-state index in [1.807, 2.05) is 24.1 Å². The Morgan fingerprint density at radius 2 is 2.11 bits per heavy atom. The second-order valence-electron chi connectivity index (χ2n) is 2.06. The molecule has 1 nitrogen and oxygen atoms in total. The van der Waals surface area contributed by atoms with Crippen molar-refractivity contribution in [3.05, 3.63) is 11.6 Å². The van der Waals surface area contributed by atoms with Crippen LogP contribution in [0.1, 0.15) is 13.8 Å². The minimum atomic E-state index is 0.552. The number of rotatable bonds is 3. The van der Waals surface area contributed by atoms with E-state index in [4.69, 9.17) is 0 Å². The Morgan fingerprint density at radius 1 is 1.44 bits per heavy atom. The number of aliphatic imine (C=N–C) groups is 1. The molecule has 52 valence electrons. The summed E-state index contributed by atoms with van der Waals surface area (Å²) in [5.41, 5.74) is 0. The molecular formula is C7H13NS. The molecule has 0 fully saturated rings. The maximum Gasteiger partial charge on any atom is 0.0326 e. The monoisotopic (exact) mass is 143 g/mol. The number of hydrogen-bond donors (Lipinski definition) is 0. The van der Waals surface area contributed by atoms with Crippen LogP contribution in [0.3, 0.4) is 0 Å². The Morgan fingerprint density at radius 3 is 2.56 bits per heavy atom. The molecule has 0 rings (SSSR count). The van der Waals surface area contributed by atoms with Crippen LogP contribution >= 0.6 is 11.8 Å². The van der Waals surface area contributed by atoms with Gasteiger partial charge in [-0.1, -0.05) is 13.8 Å². The highest BCUT2D eigenvalue weighted by molar-refractivity contribution is 8.01. The van der Waals surface area contributed by atoms with Gasteiger partial charge in [-0.15, -0.1) is 11.8 Å². The van der Waals surface area contributed by atoms with Crippen LogP contribution in [0.25, 0.3) is 0 Å². The van der Waals surface area contributed by atoms with Gasteiger partial charge in [-0.2, -0.15) is 0 Å². The van der Waals surface area contributed by atoms with Gasteiger partial charge in [0.05, 0.1) is 0 Å². The van der Waals surface area contributed by atoms with Crippen LogP contribution in [0.15, 0.2) is 16.6 Å². The molecule has 0 bridgehead atoms. The first-order valence-electron chi connectivity index (χ1n) is 2.98. The van der Waals surface area contributed by atoms with Crippen LogP contribution in [-0.2, 0) is 0 Å². The Bertz CT molecular complexity index is 105. The molecule has 0 amide bonds. The lowest BCUT2D eigenvalue weighted by Gasteiger charge is -1.87. The summed E-state index contributed by atoms with van der Waals surface area (Å²) in [7, 11) is 0. The van der Waals surface area contributed by atoms with Crippen molar-refractivity contribution in [3.63, 3.8) is 0 Å². The van der Waals surface area contributed by atoms with Gasteiger partial charge >= 0.3 is 0 Å². The van der Waals surface area contributed by atoms with E-state index in [2.05, 4.69) is 18.8 Å². The van der Waals surface area contributed by atoms with E-state index in [1.54, 1.807) is 11.8 Å². The number of thioether (sulfide) groups is 1. The highest BCUT2D eigenvalue weighted by Crippen LogP contribution is 1.93. The molecule has 0 aromatic heterocycles. The molecular weight excluding hydrogens is 130 g/mol. The summed E-state index contributed by atoms with van der Waals surface area (Å²) in [5.74, 6) is 0.552. The fraction of sp³-hybridized carbons (Fsp3) is 0.571. The normalized spacial score (nSPS) is 12.4. The molecule has 0 atom stereocenters. The zero-order chi connectivity index (χ0) is 7.11. The van der Waals surface area contributed by atoms with Gasteiger partial charge in [0, 0.05) is 12.4 Å². The van der Waals surface area contributed by atoms with Gasteiger partial charge in [0.25, 0.3) is 0 Å². The Balaban J connectivity index is 3.35. The average Bonchev–Trinajstić information content (AvgIpc) is 1.80. The summed E-state index contributed by atoms with van der Waals surface area (Å²) in [6, 6.07) is 0. The maximum absolute atomic E-state index is 4.03. The second kappa shape index (κ2) is 5.89. The third kappa shape index (κ3) is 7.76. The van der Waals surface area contributed by atoms with Crippen LogP contribution in [0, 0.1) is 5.92 Å². The summed E-state index contributed by atoms with van der Waals surface area (Å²) in [6.45, 7) is 4.22. The van der Waals surface area contributed by atoms with Gasteiger partial charge in [0.1, 0.15) is 0 Å². The van der Waals surface area contributed by atoms with Crippen LogP contribution in [0.5, 0.6) is 0 Å². The molecule has 0 heterocycles. The Kier molecular flexibility index (Phi) is 5.73. The van der Waals surface area contributed by atoms with Gasteiger partial charge in [0.15, 0.2) is 0 Å². The first-order chi connectivity index (χ1) is 4.27. The van der Waals surface area contributed by atoms with E-state index in [0.717, 1.165) is 0 Å². The topological polar surface area (TPSA) is 12.4 Å². The predicted molar refractivity (Wildman–Crippen MR) is 46.0 cm³/mol. The van der Waals surface area contributed by atoms with Crippen molar-refractivity contribution in [2.45, 2.75) is 13.8 Å². The quantitative estimate of drug-likeness (QED) is 0.553. The van der Waals surface area contributed by atoms with Crippen molar-refractivity contribution in [1.82, 2.24) is 0 Å². The Hall–Kier alpha value is -0.240. The molecule has 0 aromatic carbocycles. The summed E-state index contributed by atoms with van der Waals surface area (Å²) in [4.78, 5) is 4.03. The minimum Gasteiger partial charge on any atom is -0.268 e. The van der Waals surface area contributed by atoms with Crippen molar-refractivity contribution in [2.75, 3.05) is 6.26 Å². The SMILES string of the molecule is CS/C=C\N=C\C(C)C. The van der Waals surface area contributed by atoms with Crippen molar-refractivity contribution < 1.29 is 0 Å². The van der Waals surface area contributed by atoms with Crippen LogP contribution in [-0.4, -0.2) is 12.5 Å². The molecule has 0 unspecified atom stereocenters. The fourth-order valence-electron chi connectivity index (χ4n) is 0.318. The van der Waals surface area contributed by atoms with E-state index in [1.165, 1.54) is 0 Å². The van der Waals surface area contributed by atoms with E-state index in [9.17, 15) is 0 Å². The van der Waals surface area contributed by atoms with Crippen LogP contribution in [0.2, 0.25) is 0 Å². The zero-order valence-corrected chi connectivity index (χ0v) is 6.98. The third-order valence-corrected chi connectivity index (χ3v) is 1.06. The van der Waals surface area contributed by atoms with Gasteiger partial charge in [0.2, 0.25) is 0 Å². The van der Waals surface area contributed by atoms with Crippen molar-refractivity contribution in [2.24, 2.45) is 10.9 Å². The maximum atomic E-state index is 4.03. The summed E-state index contributed by atoms with van der Waals surface area (Å²) < 4.78 is 0. The first-order valence-corrected chi connectivity index (χ1v) is 4.27. The van der Waals surface area contributed by atoms with Gasteiger partial charge in [-0.25, -0.2) is 0 Å². The molecule has 0 saturated heterocycles. The lowest BCUT2D eigenvalue weighted by Crippen LogP contribution is -1.84. The van der Waals surface area contributed by atoms with Crippen LogP contribution in [0.4, 0.5) is 0 Å². The van der Waals surface area contributed by atoms with Crippen molar-refractivity contribution in [1.29, 1.82) is 0 Å². The molecule has 0 aromatic rings. The fourth-order valence-corrected chi connectivity index (χ4v) is 0.510. The predicted octanol–water partition coefficient (Wildman–Crippen LogP) is 2.55. The average molecular weight is 143 g/mol. The minimum absolute atomic E-state index is 0.552.